The monoisotopic (exact) mass is 328 g/mol. The SMILES string of the molecule is N#CCC(=O)NCc1cccc(OCCOc2ccc(F)cc2)c1. The fourth-order valence-electron chi connectivity index (χ4n) is 1.93. The zero-order valence-corrected chi connectivity index (χ0v) is 13.0. The summed E-state index contributed by atoms with van der Waals surface area (Å²) in [5.41, 5.74) is 0.873. The van der Waals surface area contributed by atoms with E-state index in [0.717, 1.165) is 5.56 Å². The second-order valence-electron chi connectivity index (χ2n) is 4.91. The Kier molecular flexibility index (Phi) is 6.59. The maximum absolute atomic E-state index is 12.8. The van der Waals surface area contributed by atoms with Crippen LogP contribution < -0.4 is 14.8 Å². The number of nitrogens with zero attached hydrogens (tertiary/aromatic N) is 1. The van der Waals surface area contributed by atoms with Crippen molar-refractivity contribution in [3.8, 4) is 17.6 Å². The van der Waals surface area contributed by atoms with Gasteiger partial charge >= 0.3 is 0 Å². The van der Waals surface area contributed by atoms with Gasteiger partial charge in [0.1, 0.15) is 37.0 Å². The Morgan fingerprint density at radius 1 is 1.08 bits per heavy atom. The Bertz CT molecular complexity index is 711. The maximum Gasteiger partial charge on any atom is 0.234 e. The summed E-state index contributed by atoms with van der Waals surface area (Å²) >= 11 is 0. The number of hydrogen-bond donors (Lipinski definition) is 1. The van der Waals surface area contributed by atoms with E-state index in [1.165, 1.54) is 12.1 Å². The highest BCUT2D eigenvalue weighted by atomic mass is 19.1. The quantitative estimate of drug-likeness (QED) is 0.757. The first kappa shape index (κ1) is 17.3. The molecule has 2 aromatic carbocycles. The predicted octanol–water partition coefficient (Wildman–Crippen LogP) is 2.81. The number of nitrogens with one attached hydrogen (secondary N) is 1. The van der Waals surface area contributed by atoms with Gasteiger partial charge in [-0.3, -0.25) is 4.79 Å². The third-order valence-electron chi connectivity index (χ3n) is 3.06. The third-order valence-corrected chi connectivity index (χ3v) is 3.06. The molecule has 0 spiro atoms. The summed E-state index contributed by atoms with van der Waals surface area (Å²) in [5.74, 6) is 0.618. The lowest BCUT2D eigenvalue weighted by Gasteiger charge is -2.10. The van der Waals surface area contributed by atoms with Crippen LogP contribution in [0.3, 0.4) is 0 Å². The van der Waals surface area contributed by atoms with Crippen LogP contribution in [0.4, 0.5) is 4.39 Å². The Balaban J connectivity index is 1.74. The van der Waals surface area contributed by atoms with Crippen LogP contribution in [0.25, 0.3) is 0 Å². The fraction of sp³-hybridized carbons (Fsp3) is 0.222. The van der Waals surface area contributed by atoms with Crippen molar-refractivity contribution in [2.45, 2.75) is 13.0 Å². The summed E-state index contributed by atoms with van der Waals surface area (Å²) < 4.78 is 23.8. The van der Waals surface area contributed by atoms with Gasteiger partial charge in [0, 0.05) is 6.54 Å². The van der Waals surface area contributed by atoms with Crippen molar-refractivity contribution in [2.24, 2.45) is 0 Å². The van der Waals surface area contributed by atoms with E-state index in [0.29, 0.717) is 31.3 Å². The molecule has 2 aromatic rings. The van der Waals surface area contributed by atoms with Crippen molar-refractivity contribution < 1.29 is 18.7 Å². The molecular weight excluding hydrogens is 311 g/mol. The highest BCUT2D eigenvalue weighted by molar-refractivity contribution is 5.77. The molecule has 5 nitrogen and oxygen atoms in total. The van der Waals surface area contributed by atoms with Crippen LogP contribution in [0.1, 0.15) is 12.0 Å². The Labute approximate surface area is 139 Å². The van der Waals surface area contributed by atoms with E-state index in [1.807, 2.05) is 18.2 Å². The van der Waals surface area contributed by atoms with Crippen molar-refractivity contribution in [1.29, 1.82) is 5.26 Å². The van der Waals surface area contributed by atoms with Crippen molar-refractivity contribution >= 4 is 5.91 Å². The molecular formula is C18H17FN2O3. The summed E-state index contributed by atoms with van der Waals surface area (Å²) in [7, 11) is 0. The average molecular weight is 328 g/mol. The first-order valence-corrected chi connectivity index (χ1v) is 7.41. The topological polar surface area (TPSA) is 71.4 Å². The Morgan fingerprint density at radius 2 is 1.79 bits per heavy atom. The molecule has 1 amide bonds. The van der Waals surface area contributed by atoms with E-state index in [4.69, 9.17) is 14.7 Å². The highest BCUT2D eigenvalue weighted by Gasteiger charge is 2.02. The summed E-state index contributed by atoms with van der Waals surface area (Å²) in [6.45, 7) is 1.00. The average Bonchev–Trinajstić information content (AvgIpc) is 2.59. The molecule has 124 valence electrons. The molecule has 0 unspecified atom stereocenters. The highest BCUT2D eigenvalue weighted by Crippen LogP contribution is 2.14. The van der Waals surface area contributed by atoms with Gasteiger partial charge in [-0.1, -0.05) is 12.1 Å². The lowest BCUT2D eigenvalue weighted by atomic mass is 10.2. The lowest BCUT2D eigenvalue weighted by Crippen LogP contribution is -2.21. The van der Waals surface area contributed by atoms with Crippen molar-refractivity contribution in [3.63, 3.8) is 0 Å². The molecule has 0 aromatic heterocycles. The molecule has 24 heavy (non-hydrogen) atoms. The normalized spacial score (nSPS) is 9.83. The number of carbonyl (C=O) groups excluding carboxylic acids is 1. The number of nitriles is 1. The molecule has 6 heteroatoms. The van der Waals surface area contributed by atoms with Crippen LogP contribution in [-0.4, -0.2) is 19.1 Å². The number of amides is 1. The van der Waals surface area contributed by atoms with Gasteiger partial charge in [0.2, 0.25) is 5.91 Å². The zero-order chi connectivity index (χ0) is 17.2. The molecule has 0 bridgehead atoms. The van der Waals surface area contributed by atoms with Gasteiger partial charge in [0.05, 0.1) is 6.07 Å². The third kappa shape index (κ3) is 5.97. The number of carbonyl (C=O) groups is 1. The first-order chi connectivity index (χ1) is 11.7. The van der Waals surface area contributed by atoms with Crippen LogP contribution in [0.15, 0.2) is 48.5 Å². The van der Waals surface area contributed by atoms with Crippen LogP contribution in [0.2, 0.25) is 0 Å². The van der Waals surface area contributed by atoms with Crippen LogP contribution >= 0.6 is 0 Å². The molecule has 0 aliphatic carbocycles. The summed E-state index contributed by atoms with van der Waals surface area (Å²) in [6.07, 6.45) is -0.156. The Morgan fingerprint density at radius 3 is 2.50 bits per heavy atom. The van der Waals surface area contributed by atoms with Gasteiger partial charge in [-0.05, 0) is 42.0 Å². The van der Waals surface area contributed by atoms with E-state index in [-0.39, 0.29) is 18.1 Å². The van der Waals surface area contributed by atoms with E-state index in [1.54, 1.807) is 24.3 Å². The molecule has 2 rings (SSSR count). The van der Waals surface area contributed by atoms with Gasteiger partial charge in [0.25, 0.3) is 0 Å². The molecule has 0 saturated heterocycles. The summed E-state index contributed by atoms with van der Waals surface area (Å²) in [4.78, 5) is 11.3. The number of halogens is 1. The lowest BCUT2D eigenvalue weighted by molar-refractivity contribution is -0.120. The minimum Gasteiger partial charge on any atom is -0.490 e. The predicted molar refractivity (Wildman–Crippen MR) is 85.9 cm³/mol. The summed E-state index contributed by atoms with van der Waals surface area (Å²) in [5, 5.41) is 11.1. The maximum atomic E-state index is 12.8. The Hall–Kier alpha value is -3.07. The van der Waals surface area contributed by atoms with Gasteiger partial charge < -0.3 is 14.8 Å². The number of hydrogen-bond acceptors (Lipinski definition) is 4. The largest absolute Gasteiger partial charge is 0.490 e. The van der Waals surface area contributed by atoms with Gasteiger partial charge in [-0.15, -0.1) is 0 Å². The zero-order valence-electron chi connectivity index (χ0n) is 13.0. The van der Waals surface area contributed by atoms with Crippen molar-refractivity contribution in [2.75, 3.05) is 13.2 Å². The molecule has 0 atom stereocenters. The van der Waals surface area contributed by atoms with Crippen LogP contribution in [0.5, 0.6) is 11.5 Å². The fourth-order valence-corrected chi connectivity index (χ4v) is 1.93. The summed E-state index contributed by atoms with van der Waals surface area (Å²) in [6, 6.07) is 14.9. The van der Waals surface area contributed by atoms with Crippen molar-refractivity contribution in [1.82, 2.24) is 5.32 Å². The second-order valence-corrected chi connectivity index (χ2v) is 4.91. The minimum absolute atomic E-state index is 0.156. The van der Waals surface area contributed by atoms with E-state index < -0.39 is 0 Å². The van der Waals surface area contributed by atoms with E-state index >= 15 is 0 Å². The molecule has 1 N–H and O–H groups in total. The number of rotatable bonds is 8. The molecule has 0 aliphatic heterocycles. The number of ether oxygens (including phenoxy) is 2. The van der Waals surface area contributed by atoms with Gasteiger partial charge in [0.15, 0.2) is 0 Å². The number of benzene rings is 2. The first-order valence-electron chi connectivity index (χ1n) is 7.41. The van der Waals surface area contributed by atoms with Gasteiger partial charge in [-0.2, -0.15) is 5.26 Å². The van der Waals surface area contributed by atoms with Crippen LogP contribution in [-0.2, 0) is 11.3 Å². The van der Waals surface area contributed by atoms with Gasteiger partial charge in [-0.25, -0.2) is 4.39 Å². The molecule has 0 saturated carbocycles. The van der Waals surface area contributed by atoms with E-state index in [2.05, 4.69) is 5.32 Å². The smallest absolute Gasteiger partial charge is 0.234 e. The van der Waals surface area contributed by atoms with Crippen molar-refractivity contribution in [3.05, 3.63) is 59.9 Å². The minimum atomic E-state index is -0.309. The molecule has 0 heterocycles. The van der Waals surface area contributed by atoms with E-state index in [9.17, 15) is 9.18 Å². The molecule has 0 radical (unpaired) electrons. The van der Waals surface area contributed by atoms with Crippen LogP contribution in [0, 0.1) is 17.1 Å². The standard InChI is InChI=1S/C18H17FN2O3/c19-15-4-6-16(7-5-15)23-10-11-24-17-3-1-2-14(12-17)13-21-18(22)8-9-20/h1-7,12H,8,10-11,13H2,(H,21,22). The second kappa shape index (κ2) is 9.16. The molecule has 0 fully saturated rings. The molecule has 0 aliphatic rings.